The van der Waals surface area contributed by atoms with Crippen molar-refractivity contribution in [3.63, 3.8) is 0 Å². The first-order chi connectivity index (χ1) is 15.9. The van der Waals surface area contributed by atoms with Gasteiger partial charge in [-0.1, -0.05) is 54.6 Å². The van der Waals surface area contributed by atoms with E-state index in [1.54, 1.807) is 20.8 Å². The summed E-state index contributed by atoms with van der Waals surface area (Å²) in [5, 5.41) is 2.81. The Morgan fingerprint density at radius 1 is 0.971 bits per heavy atom. The number of alkyl carbamates (subject to hydrolysis) is 1. The van der Waals surface area contributed by atoms with E-state index in [9.17, 15) is 14.4 Å². The van der Waals surface area contributed by atoms with Crippen molar-refractivity contribution in [1.82, 2.24) is 5.32 Å². The second-order valence-electron chi connectivity index (χ2n) is 9.98. The maximum atomic E-state index is 12.4. The first-order valence-corrected chi connectivity index (χ1v) is 11.5. The molecular formula is C27H33NO6. The van der Waals surface area contributed by atoms with Crippen molar-refractivity contribution in [2.24, 2.45) is 5.92 Å². The minimum absolute atomic E-state index is 0.0646. The summed E-state index contributed by atoms with van der Waals surface area (Å²) in [7, 11) is 0. The fraction of sp³-hybridized carbons (Fsp3) is 0.444. The highest BCUT2D eigenvalue weighted by Crippen LogP contribution is 2.27. The van der Waals surface area contributed by atoms with Gasteiger partial charge in [-0.15, -0.1) is 0 Å². The number of nitrogens with one attached hydrogen (secondary N) is 1. The van der Waals surface area contributed by atoms with E-state index in [-0.39, 0.29) is 6.42 Å². The third-order valence-electron chi connectivity index (χ3n) is 5.35. The van der Waals surface area contributed by atoms with Crippen LogP contribution in [0, 0.1) is 5.92 Å². The van der Waals surface area contributed by atoms with Gasteiger partial charge in [0.1, 0.15) is 5.60 Å². The average molecular weight is 468 g/mol. The number of cyclic esters (lactones) is 2. The van der Waals surface area contributed by atoms with Gasteiger partial charge in [-0.05, 0) is 56.7 Å². The molecule has 3 rings (SSSR count). The van der Waals surface area contributed by atoms with E-state index in [0.29, 0.717) is 12.8 Å². The maximum Gasteiger partial charge on any atom is 0.407 e. The summed E-state index contributed by atoms with van der Waals surface area (Å²) < 4.78 is 15.8. The second-order valence-corrected chi connectivity index (χ2v) is 9.98. The summed E-state index contributed by atoms with van der Waals surface area (Å²) in [6.07, 6.45) is 0.604. The van der Waals surface area contributed by atoms with Crippen molar-refractivity contribution in [3.05, 3.63) is 60.2 Å². The normalized spacial score (nSPS) is 16.9. The molecule has 0 bridgehead atoms. The highest BCUT2D eigenvalue weighted by atomic mass is 16.7. The molecule has 2 aromatic carbocycles. The summed E-state index contributed by atoms with van der Waals surface area (Å²) in [4.78, 5) is 37.3. The number of aryl methyl sites for hydroxylation is 1. The van der Waals surface area contributed by atoms with Gasteiger partial charge < -0.3 is 19.5 Å². The Kier molecular flexibility index (Phi) is 7.64. The zero-order chi connectivity index (χ0) is 24.9. The molecule has 1 atom stereocenters. The fourth-order valence-electron chi connectivity index (χ4n) is 3.78. The lowest BCUT2D eigenvalue weighted by Crippen LogP contribution is -2.49. The topological polar surface area (TPSA) is 90.9 Å². The molecule has 0 unspecified atom stereocenters. The standard InChI is InChI=1S/C27H33NO6/c1-26(2,3)34-25(31)28-21(17-22-23(29)32-27(4,5)33-24(22)30)16-13-18-11-14-20(15-12-18)19-9-7-6-8-10-19/h6-12,14-15,21-22H,13,16-17H2,1-5H3,(H,28,31)/t21-/m1/s1. The Hall–Kier alpha value is -3.35. The van der Waals surface area contributed by atoms with E-state index in [2.05, 4.69) is 29.6 Å². The Morgan fingerprint density at radius 2 is 1.53 bits per heavy atom. The van der Waals surface area contributed by atoms with Crippen LogP contribution in [0.3, 0.4) is 0 Å². The van der Waals surface area contributed by atoms with Gasteiger partial charge >= 0.3 is 18.0 Å². The van der Waals surface area contributed by atoms with Crippen molar-refractivity contribution in [2.75, 3.05) is 0 Å². The molecule has 1 aliphatic rings. The van der Waals surface area contributed by atoms with Crippen molar-refractivity contribution >= 4 is 18.0 Å². The first-order valence-electron chi connectivity index (χ1n) is 11.5. The molecule has 1 N–H and O–H groups in total. The molecule has 182 valence electrons. The fourth-order valence-corrected chi connectivity index (χ4v) is 3.78. The molecule has 0 radical (unpaired) electrons. The number of carbonyl (C=O) groups is 3. The van der Waals surface area contributed by atoms with E-state index >= 15 is 0 Å². The number of amides is 1. The van der Waals surface area contributed by atoms with Crippen LogP contribution < -0.4 is 5.32 Å². The molecular weight excluding hydrogens is 434 g/mol. The van der Waals surface area contributed by atoms with E-state index < -0.39 is 41.4 Å². The van der Waals surface area contributed by atoms with Crippen LogP contribution in [0.2, 0.25) is 0 Å². The monoisotopic (exact) mass is 467 g/mol. The van der Waals surface area contributed by atoms with Crippen LogP contribution in [0.4, 0.5) is 4.79 Å². The molecule has 2 aromatic rings. The minimum Gasteiger partial charge on any atom is -0.444 e. The highest BCUT2D eigenvalue weighted by molar-refractivity contribution is 5.96. The average Bonchev–Trinajstić information content (AvgIpc) is 2.73. The van der Waals surface area contributed by atoms with E-state index in [4.69, 9.17) is 14.2 Å². The van der Waals surface area contributed by atoms with Gasteiger partial charge in [-0.25, -0.2) is 4.79 Å². The maximum absolute atomic E-state index is 12.4. The van der Waals surface area contributed by atoms with Crippen LogP contribution in [0.15, 0.2) is 54.6 Å². The summed E-state index contributed by atoms with van der Waals surface area (Å²) in [6.45, 7) is 8.33. The van der Waals surface area contributed by atoms with Gasteiger partial charge in [0.2, 0.25) is 0 Å². The molecule has 0 aliphatic carbocycles. The molecule has 7 heteroatoms. The molecule has 34 heavy (non-hydrogen) atoms. The zero-order valence-corrected chi connectivity index (χ0v) is 20.4. The van der Waals surface area contributed by atoms with Gasteiger partial charge in [-0.3, -0.25) is 9.59 Å². The Bertz CT molecular complexity index is 988. The Morgan fingerprint density at radius 3 is 2.09 bits per heavy atom. The molecule has 1 heterocycles. The summed E-state index contributed by atoms with van der Waals surface area (Å²) in [5.41, 5.74) is 2.65. The van der Waals surface area contributed by atoms with Crippen molar-refractivity contribution < 1.29 is 28.6 Å². The quantitative estimate of drug-likeness (QED) is 0.454. The van der Waals surface area contributed by atoms with Gasteiger partial charge in [0.05, 0.1) is 0 Å². The third-order valence-corrected chi connectivity index (χ3v) is 5.35. The van der Waals surface area contributed by atoms with Gasteiger partial charge in [0, 0.05) is 19.9 Å². The van der Waals surface area contributed by atoms with Crippen molar-refractivity contribution in [3.8, 4) is 11.1 Å². The first kappa shape index (κ1) is 25.3. The summed E-state index contributed by atoms with van der Waals surface area (Å²) >= 11 is 0. The van der Waals surface area contributed by atoms with Crippen LogP contribution in [0.1, 0.15) is 53.0 Å². The second kappa shape index (κ2) is 10.3. The lowest BCUT2D eigenvalue weighted by molar-refractivity contribution is -0.240. The predicted molar refractivity (Wildman–Crippen MR) is 128 cm³/mol. The number of benzene rings is 2. The van der Waals surface area contributed by atoms with E-state index in [0.717, 1.165) is 16.7 Å². The van der Waals surface area contributed by atoms with E-state index in [1.165, 1.54) is 13.8 Å². The smallest absolute Gasteiger partial charge is 0.407 e. The Balaban J connectivity index is 1.69. The molecule has 7 nitrogen and oxygen atoms in total. The number of hydrogen-bond acceptors (Lipinski definition) is 6. The lowest BCUT2D eigenvalue weighted by Gasteiger charge is -2.34. The molecule has 1 aliphatic heterocycles. The van der Waals surface area contributed by atoms with Crippen LogP contribution in [-0.2, 0) is 30.2 Å². The van der Waals surface area contributed by atoms with E-state index in [1.807, 2.05) is 30.3 Å². The molecule has 0 spiro atoms. The molecule has 1 amide bonds. The van der Waals surface area contributed by atoms with Crippen LogP contribution in [-0.4, -0.2) is 35.5 Å². The molecule has 1 saturated heterocycles. The Labute approximate surface area is 200 Å². The summed E-state index contributed by atoms with van der Waals surface area (Å²) in [6, 6.07) is 17.8. The summed E-state index contributed by atoms with van der Waals surface area (Å²) in [5.74, 6) is -3.69. The minimum atomic E-state index is -1.29. The molecule has 0 saturated carbocycles. The van der Waals surface area contributed by atoms with Gasteiger partial charge in [0.25, 0.3) is 5.79 Å². The lowest BCUT2D eigenvalue weighted by atomic mass is 9.94. The number of rotatable bonds is 7. The predicted octanol–water partition coefficient (Wildman–Crippen LogP) is 5.02. The number of hydrogen-bond donors (Lipinski definition) is 1. The van der Waals surface area contributed by atoms with Crippen LogP contribution in [0.5, 0.6) is 0 Å². The largest absolute Gasteiger partial charge is 0.444 e. The van der Waals surface area contributed by atoms with Crippen molar-refractivity contribution in [1.29, 1.82) is 0 Å². The van der Waals surface area contributed by atoms with Gasteiger partial charge in [0.15, 0.2) is 5.92 Å². The zero-order valence-electron chi connectivity index (χ0n) is 20.4. The molecule has 0 aromatic heterocycles. The number of esters is 2. The SMILES string of the molecule is CC(C)(C)OC(=O)N[C@H](CCc1ccc(-c2ccccc2)cc1)CC1C(=O)OC(C)(C)OC1=O. The highest BCUT2D eigenvalue weighted by Gasteiger charge is 2.44. The number of carbonyl (C=O) groups excluding carboxylic acids is 3. The van der Waals surface area contributed by atoms with Crippen molar-refractivity contribution in [2.45, 2.75) is 71.3 Å². The van der Waals surface area contributed by atoms with Gasteiger partial charge in [-0.2, -0.15) is 0 Å². The van der Waals surface area contributed by atoms with Crippen LogP contribution in [0.25, 0.3) is 11.1 Å². The number of ether oxygens (including phenoxy) is 3. The molecule has 1 fully saturated rings. The van der Waals surface area contributed by atoms with Crippen LogP contribution >= 0.6 is 0 Å². The third kappa shape index (κ3) is 7.33.